The van der Waals surface area contributed by atoms with Crippen LogP contribution in [0, 0.1) is 0 Å². The Kier molecular flexibility index (Phi) is 4.50. The molecule has 0 unspecified atom stereocenters. The van der Waals surface area contributed by atoms with Crippen molar-refractivity contribution in [2.75, 3.05) is 19.6 Å². The molecule has 17 heavy (non-hydrogen) atoms. The quantitative estimate of drug-likeness (QED) is 0.830. The van der Waals surface area contributed by atoms with Crippen molar-refractivity contribution < 1.29 is 4.79 Å². The van der Waals surface area contributed by atoms with Gasteiger partial charge in [0.1, 0.15) is 0 Å². The van der Waals surface area contributed by atoms with E-state index in [1.54, 1.807) is 12.4 Å². The first-order chi connectivity index (χ1) is 8.34. The molecular weight excluding hydrogens is 214 g/mol. The van der Waals surface area contributed by atoms with Crippen LogP contribution in [0.25, 0.3) is 0 Å². The number of nitrogens with zero attached hydrogens (tertiary/aromatic N) is 2. The van der Waals surface area contributed by atoms with E-state index in [1.165, 1.54) is 12.8 Å². The van der Waals surface area contributed by atoms with E-state index in [1.807, 2.05) is 12.1 Å². The molecule has 1 aromatic rings. The molecule has 1 aliphatic rings. The SMILES string of the molecule is O=C(CCN1CCCC1)NCc1cccnc1. The molecule has 0 aromatic carbocycles. The molecule has 0 atom stereocenters. The number of carbonyl (C=O) groups is 1. The first kappa shape index (κ1) is 12.0. The molecule has 1 N–H and O–H groups in total. The second kappa shape index (κ2) is 6.35. The van der Waals surface area contributed by atoms with E-state index in [2.05, 4.69) is 15.2 Å². The minimum atomic E-state index is 0.126. The summed E-state index contributed by atoms with van der Waals surface area (Å²) < 4.78 is 0. The molecule has 4 heteroatoms. The highest BCUT2D eigenvalue weighted by molar-refractivity contribution is 5.76. The maximum Gasteiger partial charge on any atom is 0.221 e. The van der Waals surface area contributed by atoms with E-state index in [0.29, 0.717) is 13.0 Å². The highest BCUT2D eigenvalue weighted by Crippen LogP contribution is 2.07. The molecule has 4 nitrogen and oxygen atoms in total. The van der Waals surface area contributed by atoms with Gasteiger partial charge in [0.15, 0.2) is 0 Å². The topological polar surface area (TPSA) is 45.2 Å². The molecule has 2 heterocycles. The summed E-state index contributed by atoms with van der Waals surface area (Å²) in [7, 11) is 0. The molecule has 1 aromatic heterocycles. The largest absolute Gasteiger partial charge is 0.352 e. The number of hydrogen-bond donors (Lipinski definition) is 1. The van der Waals surface area contributed by atoms with Gasteiger partial charge in [-0.3, -0.25) is 9.78 Å². The predicted octanol–water partition coefficient (Wildman–Crippen LogP) is 1.18. The Balaban J connectivity index is 1.64. The van der Waals surface area contributed by atoms with Crippen LogP contribution in [-0.2, 0) is 11.3 Å². The fourth-order valence-corrected chi connectivity index (χ4v) is 2.06. The van der Waals surface area contributed by atoms with Crippen molar-refractivity contribution in [1.82, 2.24) is 15.2 Å². The molecule has 1 fully saturated rings. The first-order valence-electron chi connectivity index (χ1n) is 6.22. The standard InChI is InChI=1S/C13H19N3O/c17-13(5-9-16-7-1-2-8-16)15-11-12-4-3-6-14-10-12/h3-4,6,10H,1-2,5,7-9,11H2,(H,15,17). The van der Waals surface area contributed by atoms with E-state index in [-0.39, 0.29) is 5.91 Å². The summed E-state index contributed by atoms with van der Waals surface area (Å²) in [6.45, 7) is 3.76. The minimum absolute atomic E-state index is 0.126. The highest BCUT2D eigenvalue weighted by Gasteiger charge is 2.12. The molecule has 0 bridgehead atoms. The van der Waals surface area contributed by atoms with Gasteiger partial charge in [0.2, 0.25) is 5.91 Å². The van der Waals surface area contributed by atoms with Gasteiger partial charge in [-0.2, -0.15) is 0 Å². The van der Waals surface area contributed by atoms with Crippen molar-refractivity contribution in [3.05, 3.63) is 30.1 Å². The van der Waals surface area contributed by atoms with Gasteiger partial charge in [-0.25, -0.2) is 0 Å². The minimum Gasteiger partial charge on any atom is -0.352 e. The summed E-state index contributed by atoms with van der Waals surface area (Å²) in [5, 5.41) is 2.92. The Bertz CT molecular complexity index is 347. The Morgan fingerprint density at radius 3 is 2.94 bits per heavy atom. The first-order valence-corrected chi connectivity index (χ1v) is 6.22. The van der Waals surface area contributed by atoms with Crippen molar-refractivity contribution in [2.24, 2.45) is 0 Å². The van der Waals surface area contributed by atoms with Crippen LogP contribution in [0.3, 0.4) is 0 Å². The van der Waals surface area contributed by atoms with Gasteiger partial charge in [0.05, 0.1) is 0 Å². The van der Waals surface area contributed by atoms with Gasteiger partial charge in [0, 0.05) is 31.9 Å². The Labute approximate surface area is 102 Å². The maximum absolute atomic E-state index is 11.6. The van der Waals surface area contributed by atoms with Crippen molar-refractivity contribution in [2.45, 2.75) is 25.8 Å². The third-order valence-corrected chi connectivity index (χ3v) is 3.07. The maximum atomic E-state index is 11.6. The van der Waals surface area contributed by atoms with Crippen molar-refractivity contribution >= 4 is 5.91 Å². The fraction of sp³-hybridized carbons (Fsp3) is 0.538. The Morgan fingerprint density at radius 2 is 2.24 bits per heavy atom. The van der Waals surface area contributed by atoms with E-state index in [4.69, 9.17) is 0 Å². The highest BCUT2D eigenvalue weighted by atomic mass is 16.1. The van der Waals surface area contributed by atoms with Gasteiger partial charge >= 0.3 is 0 Å². The zero-order valence-electron chi connectivity index (χ0n) is 10.1. The summed E-state index contributed by atoms with van der Waals surface area (Å²) in [5.41, 5.74) is 1.04. The van der Waals surface area contributed by atoms with E-state index >= 15 is 0 Å². The van der Waals surface area contributed by atoms with Crippen molar-refractivity contribution in [1.29, 1.82) is 0 Å². The zero-order chi connectivity index (χ0) is 11.9. The summed E-state index contributed by atoms with van der Waals surface area (Å²) in [6.07, 6.45) is 6.66. The Morgan fingerprint density at radius 1 is 1.41 bits per heavy atom. The zero-order valence-corrected chi connectivity index (χ0v) is 10.1. The van der Waals surface area contributed by atoms with Gasteiger partial charge in [0.25, 0.3) is 0 Å². The molecule has 0 radical (unpaired) electrons. The lowest BCUT2D eigenvalue weighted by atomic mass is 10.3. The molecule has 0 spiro atoms. The number of likely N-dealkylation sites (tertiary alicyclic amines) is 1. The number of hydrogen-bond acceptors (Lipinski definition) is 3. The lowest BCUT2D eigenvalue weighted by Crippen LogP contribution is -2.29. The van der Waals surface area contributed by atoms with Crippen molar-refractivity contribution in [3.63, 3.8) is 0 Å². The number of rotatable bonds is 5. The van der Waals surface area contributed by atoms with Crippen LogP contribution >= 0.6 is 0 Å². The molecule has 1 amide bonds. The van der Waals surface area contributed by atoms with Crippen LogP contribution < -0.4 is 5.32 Å². The smallest absolute Gasteiger partial charge is 0.221 e. The predicted molar refractivity (Wildman–Crippen MR) is 66.4 cm³/mol. The van der Waals surface area contributed by atoms with Crippen molar-refractivity contribution in [3.8, 4) is 0 Å². The van der Waals surface area contributed by atoms with Gasteiger partial charge in [-0.1, -0.05) is 6.07 Å². The molecule has 2 rings (SSSR count). The van der Waals surface area contributed by atoms with E-state index in [0.717, 1.165) is 25.2 Å². The van der Waals surface area contributed by atoms with Crippen LogP contribution in [0.15, 0.2) is 24.5 Å². The van der Waals surface area contributed by atoms with Crippen LogP contribution in [0.2, 0.25) is 0 Å². The molecule has 92 valence electrons. The molecule has 1 aliphatic heterocycles. The third-order valence-electron chi connectivity index (χ3n) is 3.07. The third kappa shape index (κ3) is 4.15. The number of pyridine rings is 1. The molecule has 0 aliphatic carbocycles. The second-order valence-electron chi connectivity index (χ2n) is 4.44. The summed E-state index contributed by atoms with van der Waals surface area (Å²) in [6, 6.07) is 3.85. The number of carbonyl (C=O) groups excluding carboxylic acids is 1. The van der Waals surface area contributed by atoms with E-state index < -0.39 is 0 Å². The van der Waals surface area contributed by atoms with Crippen LogP contribution in [0.1, 0.15) is 24.8 Å². The van der Waals surface area contributed by atoms with Crippen LogP contribution in [0.4, 0.5) is 0 Å². The van der Waals surface area contributed by atoms with Gasteiger partial charge in [-0.05, 0) is 37.6 Å². The van der Waals surface area contributed by atoms with Crippen LogP contribution in [-0.4, -0.2) is 35.4 Å². The molecule has 0 saturated carbocycles. The Hall–Kier alpha value is -1.42. The fourth-order valence-electron chi connectivity index (χ4n) is 2.06. The molecular formula is C13H19N3O. The average Bonchev–Trinajstić information content (AvgIpc) is 2.88. The number of nitrogens with one attached hydrogen (secondary N) is 1. The molecule has 1 saturated heterocycles. The lowest BCUT2D eigenvalue weighted by Gasteiger charge is -2.13. The van der Waals surface area contributed by atoms with Gasteiger partial charge < -0.3 is 10.2 Å². The van der Waals surface area contributed by atoms with Gasteiger partial charge in [-0.15, -0.1) is 0 Å². The summed E-state index contributed by atoms with van der Waals surface area (Å²) >= 11 is 0. The summed E-state index contributed by atoms with van der Waals surface area (Å²) in [5.74, 6) is 0.126. The second-order valence-corrected chi connectivity index (χ2v) is 4.44. The normalized spacial score (nSPS) is 16.0. The number of amides is 1. The summed E-state index contributed by atoms with van der Waals surface area (Å²) in [4.78, 5) is 18.0. The number of aromatic nitrogens is 1. The average molecular weight is 233 g/mol. The van der Waals surface area contributed by atoms with Crippen LogP contribution in [0.5, 0.6) is 0 Å². The van der Waals surface area contributed by atoms with E-state index in [9.17, 15) is 4.79 Å². The lowest BCUT2D eigenvalue weighted by molar-refractivity contribution is -0.121. The monoisotopic (exact) mass is 233 g/mol.